The summed E-state index contributed by atoms with van der Waals surface area (Å²) in [6.07, 6.45) is 2.25. The Morgan fingerprint density at radius 3 is 2.81 bits per heavy atom. The molecule has 2 heterocycles. The fourth-order valence-corrected chi connectivity index (χ4v) is 2.80. The lowest BCUT2D eigenvalue weighted by molar-refractivity contribution is 0.0621. The summed E-state index contributed by atoms with van der Waals surface area (Å²) < 4.78 is 5.44. The summed E-state index contributed by atoms with van der Waals surface area (Å²) in [5.41, 5.74) is 0.0151. The van der Waals surface area contributed by atoms with Gasteiger partial charge < -0.3 is 19.6 Å². The van der Waals surface area contributed by atoms with Crippen LogP contribution in [0, 0.1) is 5.41 Å². The van der Waals surface area contributed by atoms with Crippen LogP contribution in [0.15, 0.2) is 0 Å². The van der Waals surface area contributed by atoms with Crippen LogP contribution in [-0.4, -0.2) is 74.5 Å². The van der Waals surface area contributed by atoms with Gasteiger partial charge in [0.2, 0.25) is 0 Å². The number of likely N-dealkylation sites (tertiary alicyclic amines) is 1. The maximum Gasteiger partial charge on any atom is 0.0557 e. The fourth-order valence-electron chi connectivity index (χ4n) is 2.80. The van der Waals surface area contributed by atoms with E-state index >= 15 is 0 Å². The molecule has 0 aromatic rings. The highest BCUT2D eigenvalue weighted by Crippen LogP contribution is 2.30. The number of rotatable bonds is 4. The van der Waals surface area contributed by atoms with Gasteiger partial charge in [-0.3, -0.25) is 0 Å². The van der Waals surface area contributed by atoms with Crippen LogP contribution in [0.25, 0.3) is 0 Å². The summed E-state index contributed by atoms with van der Waals surface area (Å²) in [5.74, 6) is 0. The molecule has 2 atom stereocenters. The number of ether oxygens (including phenoxy) is 1. The van der Waals surface area contributed by atoms with Gasteiger partial charge in [-0.2, -0.15) is 0 Å². The van der Waals surface area contributed by atoms with E-state index in [9.17, 15) is 5.11 Å². The molecule has 0 saturated carbocycles. The lowest BCUT2D eigenvalue weighted by atomic mass is 9.88. The number of hydrogen-bond acceptors (Lipinski definition) is 4. The molecule has 1 N–H and O–H groups in total. The molecule has 0 bridgehead atoms. The maximum absolute atomic E-state index is 9.53. The van der Waals surface area contributed by atoms with Gasteiger partial charge in [-0.15, -0.1) is 0 Å². The number of nitrogens with zero attached hydrogens (tertiary/aromatic N) is 2. The molecule has 0 aromatic carbocycles. The molecule has 2 fully saturated rings. The summed E-state index contributed by atoms with van der Waals surface area (Å²) in [4.78, 5) is 4.78. The summed E-state index contributed by atoms with van der Waals surface area (Å²) in [6, 6.07) is 0.679. The first-order valence-electron chi connectivity index (χ1n) is 6.23. The molecule has 2 rings (SSSR count). The van der Waals surface area contributed by atoms with E-state index < -0.39 is 0 Å². The van der Waals surface area contributed by atoms with Crippen molar-refractivity contribution in [1.82, 2.24) is 9.80 Å². The Bertz CT molecular complexity index is 227. The SMILES string of the molecule is CN(C)C1CCN(CC2(CO)CCOC2)C1. The Morgan fingerprint density at radius 1 is 1.50 bits per heavy atom. The van der Waals surface area contributed by atoms with E-state index in [1.54, 1.807) is 0 Å². The minimum Gasteiger partial charge on any atom is -0.396 e. The topological polar surface area (TPSA) is 35.9 Å². The largest absolute Gasteiger partial charge is 0.396 e. The van der Waals surface area contributed by atoms with Gasteiger partial charge in [-0.05, 0) is 33.5 Å². The molecule has 0 spiro atoms. The van der Waals surface area contributed by atoms with Crippen LogP contribution >= 0.6 is 0 Å². The first-order chi connectivity index (χ1) is 7.65. The van der Waals surface area contributed by atoms with Crippen molar-refractivity contribution in [2.45, 2.75) is 18.9 Å². The van der Waals surface area contributed by atoms with E-state index in [1.165, 1.54) is 6.42 Å². The van der Waals surface area contributed by atoms with Crippen molar-refractivity contribution >= 4 is 0 Å². The molecule has 2 aliphatic heterocycles. The molecule has 0 aromatic heterocycles. The summed E-state index contributed by atoms with van der Waals surface area (Å²) in [6.45, 7) is 5.08. The Morgan fingerprint density at radius 2 is 2.31 bits per heavy atom. The quantitative estimate of drug-likeness (QED) is 0.736. The number of hydrogen-bond donors (Lipinski definition) is 1. The summed E-state index contributed by atoms with van der Waals surface area (Å²) >= 11 is 0. The number of likely N-dealkylation sites (N-methyl/N-ethyl adjacent to an activating group) is 1. The average molecular weight is 228 g/mol. The van der Waals surface area contributed by atoms with E-state index in [0.717, 1.165) is 39.3 Å². The average Bonchev–Trinajstić information content (AvgIpc) is 2.88. The summed E-state index contributed by atoms with van der Waals surface area (Å²) in [7, 11) is 4.29. The van der Waals surface area contributed by atoms with Gasteiger partial charge >= 0.3 is 0 Å². The molecule has 4 heteroatoms. The van der Waals surface area contributed by atoms with E-state index in [-0.39, 0.29) is 12.0 Å². The predicted molar refractivity (Wildman–Crippen MR) is 63.5 cm³/mol. The highest BCUT2D eigenvalue weighted by molar-refractivity contribution is 4.90. The van der Waals surface area contributed by atoms with Crippen LogP contribution in [0.3, 0.4) is 0 Å². The zero-order valence-corrected chi connectivity index (χ0v) is 10.5. The van der Waals surface area contributed by atoms with Gasteiger partial charge in [0.05, 0.1) is 13.2 Å². The third-order valence-electron chi connectivity index (χ3n) is 4.06. The van der Waals surface area contributed by atoms with Crippen LogP contribution in [0.4, 0.5) is 0 Å². The Labute approximate surface area is 98.2 Å². The zero-order chi connectivity index (χ0) is 11.6. The van der Waals surface area contributed by atoms with Gasteiger partial charge in [0, 0.05) is 31.2 Å². The molecule has 2 aliphatic rings. The molecular formula is C12H24N2O2. The first-order valence-corrected chi connectivity index (χ1v) is 6.23. The van der Waals surface area contributed by atoms with Crippen molar-refractivity contribution in [3.8, 4) is 0 Å². The highest BCUT2D eigenvalue weighted by atomic mass is 16.5. The van der Waals surface area contributed by atoms with Crippen molar-refractivity contribution in [2.24, 2.45) is 5.41 Å². The van der Waals surface area contributed by atoms with Gasteiger partial charge in [-0.1, -0.05) is 0 Å². The smallest absolute Gasteiger partial charge is 0.0557 e. The molecule has 4 nitrogen and oxygen atoms in total. The van der Waals surface area contributed by atoms with Gasteiger partial charge in [0.1, 0.15) is 0 Å². The standard InChI is InChI=1S/C12H24N2O2/c1-13(2)11-3-5-14(7-11)8-12(9-15)4-6-16-10-12/h11,15H,3-10H2,1-2H3. The second-order valence-corrected chi connectivity index (χ2v) is 5.60. The van der Waals surface area contributed by atoms with E-state index in [0.29, 0.717) is 6.04 Å². The van der Waals surface area contributed by atoms with E-state index in [1.807, 2.05) is 0 Å². The second-order valence-electron chi connectivity index (χ2n) is 5.60. The summed E-state index contributed by atoms with van der Waals surface area (Å²) in [5, 5.41) is 9.53. The van der Waals surface area contributed by atoms with Crippen LogP contribution in [0.5, 0.6) is 0 Å². The van der Waals surface area contributed by atoms with E-state index in [2.05, 4.69) is 23.9 Å². The third-order valence-corrected chi connectivity index (χ3v) is 4.06. The minimum atomic E-state index is 0.0151. The fraction of sp³-hybridized carbons (Fsp3) is 1.00. The van der Waals surface area contributed by atoms with Crippen LogP contribution < -0.4 is 0 Å². The van der Waals surface area contributed by atoms with Crippen LogP contribution in [0.1, 0.15) is 12.8 Å². The third kappa shape index (κ3) is 2.56. The van der Waals surface area contributed by atoms with Crippen LogP contribution in [0.2, 0.25) is 0 Å². The molecule has 0 amide bonds. The minimum absolute atomic E-state index is 0.0151. The second kappa shape index (κ2) is 5.00. The Kier molecular flexibility index (Phi) is 3.85. The molecule has 2 saturated heterocycles. The number of aliphatic hydroxyl groups excluding tert-OH is 1. The predicted octanol–water partition coefficient (Wildman–Crippen LogP) is 0.0213. The van der Waals surface area contributed by atoms with Crippen molar-refractivity contribution in [3.63, 3.8) is 0 Å². The maximum atomic E-state index is 9.53. The van der Waals surface area contributed by atoms with Crippen molar-refractivity contribution in [3.05, 3.63) is 0 Å². The molecule has 0 radical (unpaired) electrons. The van der Waals surface area contributed by atoms with Crippen molar-refractivity contribution in [1.29, 1.82) is 0 Å². The molecular weight excluding hydrogens is 204 g/mol. The normalized spacial score (nSPS) is 36.4. The molecule has 94 valence electrons. The monoisotopic (exact) mass is 228 g/mol. The molecule has 0 aliphatic carbocycles. The van der Waals surface area contributed by atoms with Gasteiger partial charge in [-0.25, -0.2) is 0 Å². The zero-order valence-electron chi connectivity index (χ0n) is 10.5. The lowest BCUT2D eigenvalue weighted by Crippen LogP contribution is -2.41. The van der Waals surface area contributed by atoms with E-state index in [4.69, 9.17) is 4.74 Å². The first kappa shape index (κ1) is 12.3. The number of aliphatic hydroxyl groups is 1. The Hall–Kier alpha value is -0.160. The highest BCUT2D eigenvalue weighted by Gasteiger charge is 2.38. The lowest BCUT2D eigenvalue weighted by Gasteiger charge is -2.30. The molecule has 16 heavy (non-hydrogen) atoms. The Balaban J connectivity index is 1.86. The van der Waals surface area contributed by atoms with Crippen LogP contribution in [-0.2, 0) is 4.74 Å². The van der Waals surface area contributed by atoms with Crippen molar-refractivity contribution < 1.29 is 9.84 Å². The van der Waals surface area contributed by atoms with Gasteiger partial charge in [0.25, 0.3) is 0 Å². The van der Waals surface area contributed by atoms with Crippen molar-refractivity contribution in [2.75, 3.05) is 53.6 Å². The molecule has 2 unspecified atom stereocenters. The van der Waals surface area contributed by atoms with Gasteiger partial charge in [0.15, 0.2) is 0 Å².